The Morgan fingerprint density at radius 1 is 1.59 bits per heavy atom. The molecule has 0 saturated carbocycles. The smallest absolute Gasteiger partial charge is 0.282 e. The van der Waals surface area contributed by atoms with Crippen LogP contribution in [0.2, 0.25) is 0 Å². The Hall–Kier alpha value is -1.91. The van der Waals surface area contributed by atoms with Gasteiger partial charge in [-0.1, -0.05) is 6.07 Å². The third kappa shape index (κ3) is 2.81. The topological polar surface area (TPSA) is 68.9 Å². The Morgan fingerprint density at radius 2 is 2.41 bits per heavy atom. The van der Waals surface area contributed by atoms with Gasteiger partial charge >= 0.3 is 0 Å². The standard InChI is InChI=1S/C12H17N3O2/c1-8-3-4-9(5-11(8)16-2)14-6-10-7-17-12(13)15-10/h3-5,10,14H,6-7H2,1-2H3,(H2,13,15). The molecular weight excluding hydrogens is 218 g/mol. The highest BCUT2D eigenvalue weighted by molar-refractivity contribution is 5.73. The molecule has 1 aromatic rings. The molecule has 0 saturated heterocycles. The van der Waals surface area contributed by atoms with E-state index in [9.17, 15) is 0 Å². The lowest BCUT2D eigenvalue weighted by molar-refractivity contribution is 0.316. The highest BCUT2D eigenvalue weighted by Gasteiger charge is 2.16. The molecule has 2 rings (SSSR count). The van der Waals surface area contributed by atoms with E-state index in [0.29, 0.717) is 13.2 Å². The van der Waals surface area contributed by atoms with Gasteiger partial charge in [-0.25, -0.2) is 4.99 Å². The largest absolute Gasteiger partial charge is 0.496 e. The Labute approximate surface area is 101 Å². The van der Waals surface area contributed by atoms with Crippen molar-refractivity contribution < 1.29 is 9.47 Å². The number of hydrogen-bond donors (Lipinski definition) is 2. The van der Waals surface area contributed by atoms with Crippen molar-refractivity contribution in [1.29, 1.82) is 0 Å². The average Bonchev–Trinajstić information content (AvgIpc) is 2.74. The molecule has 1 heterocycles. The second-order valence-corrected chi connectivity index (χ2v) is 4.00. The molecule has 3 N–H and O–H groups in total. The van der Waals surface area contributed by atoms with Crippen LogP contribution in [0.1, 0.15) is 5.56 Å². The number of nitrogens with zero attached hydrogens (tertiary/aromatic N) is 1. The fraction of sp³-hybridized carbons (Fsp3) is 0.417. The van der Waals surface area contributed by atoms with Gasteiger partial charge in [0.05, 0.1) is 7.11 Å². The number of anilines is 1. The molecule has 0 aromatic heterocycles. The van der Waals surface area contributed by atoms with Crippen LogP contribution < -0.4 is 15.8 Å². The zero-order chi connectivity index (χ0) is 12.3. The van der Waals surface area contributed by atoms with E-state index in [-0.39, 0.29) is 12.1 Å². The van der Waals surface area contributed by atoms with Crippen LogP contribution in [0.3, 0.4) is 0 Å². The lowest BCUT2D eigenvalue weighted by atomic mass is 10.2. The minimum absolute atomic E-state index is 0.0855. The van der Waals surface area contributed by atoms with Crippen LogP contribution in [0.4, 0.5) is 5.69 Å². The number of nitrogens with two attached hydrogens (primary N) is 1. The maximum Gasteiger partial charge on any atom is 0.282 e. The Bertz CT molecular complexity index is 432. The van der Waals surface area contributed by atoms with Gasteiger partial charge in [0.1, 0.15) is 18.4 Å². The second kappa shape index (κ2) is 4.95. The number of amidine groups is 1. The number of hydrogen-bond acceptors (Lipinski definition) is 5. The monoisotopic (exact) mass is 235 g/mol. The first-order valence-electron chi connectivity index (χ1n) is 5.53. The SMILES string of the molecule is COc1cc(NCC2COC(N)=N2)ccc1C. The summed E-state index contributed by atoms with van der Waals surface area (Å²) < 4.78 is 10.3. The van der Waals surface area contributed by atoms with Gasteiger partial charge in [-0.15, -0.1) is 0 Å². The number of methoxy groups -OCH3 is 1. The van der Waals surface area contributed by atoms with Crippen molar-refractivity contribution in [3.05, 3.63) is 23.8 Å². The Morgan fingerprint density at radius 3 is 3.06 bits per heavy atom. The van der Waals surface area contributed by atoms with Crippen molar-refractivity contribution in [3.8, 4) is 5.75 Å². The number of nitrogens with one attached hydrogen (secondary N) is 1. The van der Waals surface area contributed by atoms with Crippen molar-refractivity contribution in [3.63, 3.8) is 0 Å². The summed E-state index contributed by atoms with van der Waals surface area (Å²) >= 11 is 0. The summed E-state index contributed by atoms with van der Waals surface area (Å²) in [5.74, 6) is 0.876. The van der Waals surface area contributed by atoms with Crippen molar-refractivity contribution in [2.75, 3.05) is 25.6 Å². The maximum absolute atomic E-state index is 5.44. The van der Waals surface area contributed by atoms with Crippen molar-refractivity contribution in [2.45, 2.75) is 13.0 Å². The Kier molecular flexibility index (Phi) is 3.37. The molecule has 1 aromatic carbocycles. The van der Waals surface area contributed by atoms with E-state index in [1.165, 1.54) is 0 Å². The van der Waals surface area contributed by atoms with E-state index >= 15 is 0 Å². The first-order chi connectivity index (χ1) is 8.19. The lowest BCUT2D eigenvalue weighted by Gasteiger charge is -2.11. The normalized spacial score (nSPS) is 18.5. The van der Waals surface area contributed by atoms with Crippen LogP contribution in [-0.2, 0) is 4.74 Å². The first kappa shape index (κ1) is 11.6. The van der Waals surface area contributed by atoms with E-state index in [0.717, 1.165) is 17.0 Å². The highest BCUT2D eigenvalue weighted by Crippen LogP contribution is 2.22. The fourth-order valence-electron chi connectivity index (χ4n) is 1.71. The molecule has 92 valence electrons. The zero-order valence-corrected chi connectivity index (χ0v) is 10.1. The predicted molar refractivity (Wildman–Crippen MR) is 67.6 cm³/mol. The minimum atomic E-state index is 0.0855. The van der Waals surface area contributed by atoms with Gasteiger partial charge in [-0.2, -0.15) is 0 Å². The molecule has 0 amide bonds. The van der Waals surface area contributed by atoms with Gasteiger partial charge in [0, 0.05) is 18.3 Å². The molecule has 0 bridgehead atoms. The number of aryl methyl sites for hydroxylation is 1. The van der Waals surface area contributed by atoms with Gasteiger partial charge in [-0.3, -0.25) is 0 Å². The van der Waals surface area contributed by atoms with Crippen molar-refractivity contribution >= 4 is 11.7 Å². The average molecular weight is 235 g/mol. The summed E-state index contributed by atoms with van der Waals surface area (Å²) in [5, 5.41) is 3.29. The quantitative estimate of drug-likeness (QED) is 0.820. The highest BCUT2D eigenvalue weighted by atomic mass is 16.5. The molecule has 0 spiro atoms. The molecule has 5 heteroatoms. The van der Waals surface area contributed by atoms with E-state index < -0.39 is 0 Å². The minimum Gasteiger partial charge on any atom is -0.496 e. The van der Waals surface area contributed by atoms with Gasteiger partial charge in [-0.05, 0) is 18.6 Å². The van der Waals surface area contributed by atoms with Crippen LogP contribution in [0.15, 0.2) is 23.2 Å². The van der Waals surface area contributed by atoms with Crippen molar-refractivity contribution in [1.82, 2.24) is 0 Å². The molecule has 1 aliphatic rings. The third-order valence-electron chi connectivity index (χ3n) is 2.68. The second-order valence-electron chi connectivity index (χ2n) is 4.00. The molecular formula is C12H17N3O2. The fourth-order valence-corrected chi connectivity index (χ4v) is 1.71. The zero-order valence-electron chi connectivity index (χ0n) is 10.1. The van der Waals surface area contributed by atoms with E-state index in [1.807, 2.05) is 25.1 Å². The van der Waals surface area contributed by atoms with E-state index in [1.54, 1.807) is 7.11 Å². The van der Waals surface area contributed by atoms with E-state index in [2.05, 4.69) is 10.3 Å². The summed E-state index contributed by atoms with van der Waals surface area (Å²) in [6, 6.07) is 6.36. The molecule has 0 radical (unpaired) electrons. The van der Waals surface area contributed by atoms with Crippen LogP contribution in [0.25, 0.3) is 0 Å². The van der Waals surface area contributed by atoms with Crippen molar-refractivity contribution in [2.24, 2.45) is 10.7 Å². The van der Waals surface area contributed by atoms with Gasteiger partial charge in [0.15, 0.2) is 0 Å². The van der Waals surface area contributed by atoms with Crippen LogP contribution in [-0.4, -0.2) is 32.3 Å². The van der Waals surface area contributed by atoms with Crippen LogP contribution >= 0.6 is 0 Å². The molecule has 5 nitrogen and oxygen atoms in total. The van der Waals surface area contributed by atoms with Gasteiger partial charge < -0.3 is 20.5 Å². The summed E-state index contributed by atoms with van der Waals surface area (Å²) in [7, 11) is 1.67. The summed E-state index contributed by atoms with van der Waals surface area (Å²) in [4.78, 5) is 4.14. The van der Waals surface area contributed by atoms with Crippen LogP contribution in [0, 0.1) is 6.92 Å². The maximum atomic E-state index is 5.44. The Balaban J connectivity index is 1.95. The summed E-state index contributed by atoms with van der Waals surface area (Å²) in [6.07, 6.45) is 0. The molecule has 0 aliphatic carbocycles. The molecule has 1 unspecified atom stereocenters. The molecule has 1 atom stereocenters. The number of rotatable bonds is 4. The first-order valence-corrected chi connectivity index (χ1v) is 5.53. The van der Waals surface area contributed by atoms with Gasteiger partial charge in [0.25, 0.3) is 6.02 Å². The third-order valence-corrected chi connectivity index (χ3v) is 2.68. The number of aliphatic imine (C=N–C) groups is 1. The van der Waals surface area contributed by atoms with Gasteiger partial charge in [0.2, 0.25) is 0 Å². The molecule has 0 fully saturated rings. The molecule has 1 aliphatic heterocycles. The summed E-state index contributed by atoms with van der Waals surface area (Å²) in [6.45, 7) is 3.26. The molecule has 17 heavy (non-hydrogen) atoms. The number of benzene rings is 1. The van der Waals surface area contributed by atoms with E-state index in [4.69, 9.17) is 15.2 Å². The summed E-state index contributed by atoms with van der Waals surface area (Å²) in [5.41, 5.74) is 7.56. The lowest BCUT2D eigenvalue weighted by Crippen LogP contribution is -2.19. The van der Waals surface area contributed by atoms with Crippen LogP contribution in [0.5, 0.6) is 5.75 Å². The predicted octanol–water partition coefficient (Wildman–Crippen LogP) is 1.13. The number of ether oxygens (including phenoxy) is 2.